The van der Waals surface area contributed by atoms with Crippen LogP contribution in [0.1, 0.15) is 39.5 Å². The Morgan fingerprint density at radius 1 is 1.27 bits per heavy atom. The molecule has 0 bridgehead atoms. The van der Waals surface area contributed by atoms with Gasteiger partial charge in [-0.3, -0.25) is 0 Å². The third-order valence-electron chi connectivity index (χ3n) is 2.09. The van der Waals surface area contributed by atoms with Gasteiger partial charge in [0.1, 0.15) is 0 Å². The van der Waals surface area contributed by atoms with E-state index in [4.69, 9.17) is 11.0 Å². The summed E-state index contributed by atoms with van der Waals surface area (Å²) in [7, 11) is 0. The molecule has 0 aliphatic rings. The van der Waals surface area contributed by atoms with Gasteiger partial charge in [0.05, 0.1) is 11.5 Å². The molecule has 2 heteroatoms. The molecule has 0 aromatic rings. The van der Waals surface area contributed by atoms with Gasteiger partial charge in [0.25, 0.3) is 0 Å². The van der Waals surface area contributed by atoms with Crippen LogP contribution in [0.15, 0.2) is 0 Å². The van der Waals surface area contributed by atoms with Crippen LogP contribution in [-0.4, -0.2) is 6.54 Å². The lowest BCUT2D eigenvalue weighted by Crippen LogP contribution is -2.28. The summed E-state index contributed by atoms with van der Waals surface area (Å²) in [5.41, 5.74) is 5.34. The number of hydrogen-bond acceptors (Lipinski definition) is 2. The molecule has 2 N–H and O–H groups in total. The number of nitrogens with zero attached hydrogens (tertiary/aromatic N) is 1. The molecule has 64 valence electrons. The minimum Gasteiger partial charge on any atom is -0.329 e. The molecular weight excluding hydrogens is 136 g/mol. The molecule has 0 heterocycles. The van der Waals surface area contributed by atoms with Gasteiger partial charge < -0.3 is 5.73 Å². The summed E-state index contributed by atoms with van der Waals surface area (Å²) >= 11 is 0. The van der Waals surface area contributed by atoms with Gasteiger partial charge in [-0.1, -0.05) is 26.7 Å². The van der Waals surface area contributed by atoms with Crippen LogP contribution in [0, 0.1) is 16.7 Å². The van der Waals surface area contributed by atoms with Crippen LogP contribution in [0.3, 0.4) is 0 Å². The summed E-state index contributed by atoms with van der Waals surface area (Å²) in [4.78, 5) is 0. The van der Waals surface area contributed by atoms with Crippen molar-refractivity contribution in [3.8, 4) is 6.07 Å². The summed E-state index contributed by atoms with van der Waals surface area (Å²) in [5, 5.41) is 8.91. The molecule has 0 aliphatic carbocycles. The Labute approximate surface area is 69.4 Å². The molecule has 2 nitrogen and oxygen atoms in total. The normalized spacial score (nSPS) is 11.1. The predicted octanol–water partition coefficient (Wildman–Crippen LogP) is 2.06. The van der Waals surface area contributed by atoms with Gasteiger partial charge in [-0.2, -0.15) is 5.26 Å². The van der Waals surface area contributed by atoms with Gasteiger partial charge in [0, 0.05) is 6.54 Å². The van der Waals surface area contributed by atoms with Gasteiger partial charge >= 0.3 is 0 Å². The second kappa shape index (κ2) is 5.15. The lowest BCUT2D eigenvalue weighted by atomic mass is 9.81. The third kappa shape index (κ3) is 2.90. The second-order valence-corrected chi connectivity index (χ2v) is 3.10. The van der Waals surface area contributed by atoms with Gasteiger partial charge in [-0.15, -0.1) is 0 Å². The smallest absolute Gasteiger partial charge is 0.0703 e. The fourth-order valence-corrected chi connectivity index (χ4v) is 1.44. The average Bonchev–Trinajstić information content (AvgIpc) is 2.04. The van der Waals surface area contributed by atoms with E-state index in [1.165, 1.54) is 0 Å². The summed E-state index contributed by atoms with van der Waals surface area (Å²) in [6, 6.07) is 2.34. The predicted molar refractivity (Wildman–Crippen MR) is 46.9 cm³/mol. The highest BCUT2D eigenvalue weighted by Crippen LogP contribution is 2.27. The molecule has 0 saturated carbocycles. The van der Waals surface area contributed by atoms with Crippen LogP contribution in [0.4, 0.5) is 0 Å². The molecule has 0 rings (SSSR count). The van der Waals surface area contributed by atoms with E-state index in [1.807, 2.05) is 0 Å². The molecular formula is C9H18N2. The third-order valence-corrected chi connectivity index (χ3v) is 2.09. The first-order valence-corrected chi connectivity index (χ1v) is 4.36. The van der Waals surface area contributed by atoms with Gasteiger partial charge in [-0.05, 0) is 12.8 Å². The molecule has 0 spiro atoms. The zero-order valence-electron chi connectivity index (χ0n) is 7.56. The Morgan fingerprint density at radius 2 is 1.73 bits per heavy atom. The van der Waals surface area contributed by atoms with E-state index in [9.17, 15) is 0 Å². The molecule has 0 amide bonds. The average molecular weight is 154 g/mol. The Kier molecular flexibility index (Phi) is 4.89. The van der Waals surface area contributed by atoms with Gasteiger partial charge in [0.2, 0.25) is 0 Å². The van der Waals surface area contributed by atoms with Crippen LogP contribution in [-0.2, 0) is 0 Å². The fourth-order valence-electron chi connectivity index (χ4n) is 1.44. The van der Waals surface area contributed by atoms with Crippen LogP contribution in [0.25, 0.3) is 0 Å². The standard InChI is InChI=1S/C9H18N2/c1-3-5-9(7-10,8-11)6-4-2/h3-7,10H2,1-2H3. The van der Waals surface area contributed by atoms with Crippen molar-refractivity contribution in [1.29, 1.82) is 5.26 Å². The molecule has 11 heavy (non-hydrogen) atoms. The minimum absolute atomic E-state index is 0.233. The SMILES string of the molecule is CCCC(C#N)(CN)CCC. The highest BCUT2D eigenvalue weighted by molar-refractivity contribution is 4.99. The molecule has 0 aliphatic heterocycles. The highest BCUT2D eigenvalue weighted by atomic mass is 14.6. The zero-order valence-corrected chi connectivity index (χ0v) is 7.56. The van der Waals surface area contributed by atoms with E-state index in [0.29, 0.717) is 6.54 Å². The van der Waals surface area contributed by atoms with Crippen LogP contribution in [0.2, 0.25) is 0 Å². The van der Waals surface area contributed by atoms with Crippen molar-refractivity contribution < 1.29 is 0 Å². The van der Waals surface area contributed by atoms with E-state index >= 15 is 0 Å². The second-order valence-electron chi connectivity index (χ2n) is 3.10. The maximum Gasteiger partial charge on any atom is 0.0703 e. The molecule has 0 atom stereocenters. The Hall–Kier alpha value is -0.550. The summed E-state index contributed by atoms with van der Waals surface area (Å²) in [5.74, 6) is 0. The van der Waals surface area contributed by atoms with Gasteiger partial charge in [-0.25, -0.2) is 0 Å². The highest BCUT2D eigenvalue weighted by Gasteiger charge is 2.25. The van der Waals surface area contributed by atoms with Crippen LogP contribution < -0.4 is 5.73 Å². The van der Waals surface area contributed by atoms with Crippen molar-refractivity contribution in [2.75, 3.05) is 6.54 Å². The maximum absolute atomic E-state index is 8.91. The Morgan fingerprint density at radius 3 is 1.91 bits per heavy atom. The van der Waals surface area contributed by atoms with E-state index in [-0.39, 0.29) is 5.41 Å². The first-order valence-electron chi connectivity index (χ1n) is 4.36. The zero-order chi connectivity index (χ0) is 8.74. The molecule has 0 saturated heterocycles. The van der Waals surface area contributed by atoms with E-state index in [0.717, 1.165) is 25.7 Å². The Balaban J connectivity index is 4.11. The Bertz CT molecular complexity index is 129. The molecule has 0 aromatic carbocycles. The largest absolute Gasteiger partial charge is 0.329 e. The quantitative estimate of drug-likeness (QED) is 0.659. The number of hydrogen-bond donors (Lipinski definition) is 1. The summed E-state index contributed by atoms with van der Waals surface area (Å²) in [6.07, 6.45) is 3.97. The van der Waals surface area contributed by atoms with Crippen LogP contribution in [0.5, 0.6) is 0 Å². The first-order chi connectivity index (χ1) is 5.24. The van der Waals surface area contributed by atoms with Crippen molar-refractivity contribution in [3.63, 3.8) is 0 Å². The maximum atomic E-state index is 8.91. The minimum atomic E-state index is -0.233. The van der Waals surface area contributed by atoms with E-state index in [2.05, 4.69) is 19.9 Å². The number of rotatable bonds is 5. The van der Waals surface area contributed by atoms with Crippen LogP contribution >= 0.6 is 0 Å². The number of nitrogens with two attached hydrogens (primary N) is 1. The number of nitriles is 1. The first kappa shape index (κ1) is 10.4. The molecule has 0 fully saturated rings. The topological polar surface area (TPSA) is 49.8 Å². The lowest BCUT2D eigenvalue weighted by Gasteiger charge is -2.23. The van der Waals surface area contributed by atoms with Gasteiger partial charge in [0.15, 0.2) is 0 Å². The monoisotopic (exact) mass is 154 g/mol. The molecule has 0 aromatic heterocycles. The summed E-state index contributed by atoms with van der Waals surface area (Å²) in [6.45, 7) is 4.69. The molecule has 0 unspecified atom stereocenters. The van der Waals surface area contributed by atoms with Crippen molar-refractivity contribution in [2.24, 2.45) is 11.1 Å². The fraction of sp³-hybridized carbons (Fsp3) is 0.889. The van der Waals surface area contributed by atoms with Crippen molar-refractivity contribution in [2.45, 2.75) is 39.5 Å². The van der Waals surface area contributed by atoms with E-state index in [1.54, 1.807) is 0 Å². The van der Waals surface area contributed by atoms with Crippen molar-refractivity contribution in [1.82, 2.24) is 0 Å². The lowest BCUT2D eigenvalue weighted by molar-refractivity contribution is 0.338. The summed E-state index contributed by atoms with van der Waals surface area (Å²) < 4.78 is 0. The van der Waals surface area contributed by atoms with Crippen molar-refractivity contribution in [3.05, 3.63) is 0 Å². The van der Waals surface area contributed by atoms with E-state index < -0.39 is 0 Å². The molecule has 0 radical (unpaired) electrons. The van der Waals surface area contributed by atoms with Crippen molar-refractivity contribution >= 4 is 0 Å².